The van der Waals surface area contributed by atoms with Crippen LogP contribution in [0.4, 0.5) is 10.9 Å². The van der Waals surface area contributed by atoms with Gasteiger partial charge in [-0.3, -0.25) is 4.79 Å². The van der Waals surface area contributed by atoms with Crippen LogP contribution in [-0.2, 0) is 6.42 Å². The van der Waals surface area contributed by atoms with E-state index in [0.29, 0.717) is 6.54 Å². The van der Waals surface area contributed by atoms with Crippen LogP contribution in [0.15, 0.2) is 57.9 Å². The van der Waals surface area contributed by atoms with Crippen molar-refractivity contribution >= 4 is 40.0 Å². The predicted molar refractivity (Wildman–Crippen MR) is 125 cm³/mol. The van der Waals surface area contributed by atoms with Gasteiger partial charge in [-0.05, 0) is 55.0 Å². The van der Waals surface area contributed by atoms with E-state index in [2.05, 4.69) is 34.3 Å². The Morgan fingerprint density at radius 3 is 3.00 bits per heavy atom. The second kappa shape index (κ2) is 10.3. The molecule has 1 amide bonds. The van der Waals surface area contributed by atoms with Gasteiger partial charge in [0.2, 0.25) is 0 Å². The molecule has 6 nitrogen and oxygen atoms in total. The number of thiazole rings is 1. The molecule has 1 aliphatic heterocycles. The number of amides is 1. The van der Waals surface area contributed by atoms with E-state index in [1.165, 1.54) is 0 Å². The number of aryl methyl sites for hydroxylation is 1. The summed E-state index contributed by atoms with van der Waals surface area (Å²) in [5, 5.41) is 13.5. The Hall–Kier alpha value is -2.42. The molecule has 2 N–H and O–H groups in total. The number of nitrogens with one attached hydrogen (secondary N) is 1. The van der Waals surface area contributed by atoms with Crippen LogP contribution >= 0.6 is 23.1 Å². The number of anilines is 2. The molecule has 0 spiro atoms. The fraction of sp³-hybridized carbons (Fsp3) is 0.348. The molecule has 0 saturated carbocycles. The Labute approximate surface area is 190 Å². The minimum atomic E-state index is 0.0688. The maximum atomic E-state index is 13.3. The van der Waals surface area contributed by atoms with Crippen molar-refractivity contribution < 1.29 is 9.90 Å². The second-order valence-electron chi connectivity index (χ2n) is 7.54. The average molecular weight is 455 g/mol. The van der Waals surface area contributed by atoms with Crippen LogP contribution < -0.4 is 5.32 Å². The van der Waals surface area contributed by atoms with E-state index in [-0.39, 0.29) is 18.4 Å². The van der Waals surface area contributed by atoms with Crippen molar-refractivity contribution in [3.05, 3.63) is 59.9 Å². The van der Waals surface area contributed by atoms with Gasteiger partial charge in [-0.15, -0.1) is 0 Å². The number of carbonyl (C=O) groups excluding carboxylic acids is 1. The number of pyridine rings is 1. The third kappa shape index (κ3) is 5.44. The van der Waals surface area contributed by atoms with Crippen LogP contribution in [-0.4, -0.2) is 45.6 Å². The van der Waals surface area contributed by atoms with Gasteiger partial charge in [-0.2, -0.15) is 0 Å². The first-order chi connectivity index (χ1) is 15.2. The van der Waals surface area contributed by atoms with E-state index in [0.717, 1.165) is 57.0 Å². The van der Waals surface area contributed by atoms with E-state index in [1.54, 1.807) is 29.3 Å². The highest BCUT2D eigenvalue weighted by atomic mass is 32.2. The summed E-state index contributed by atoms with van der Waals surface area (Å²) < 4.78 is 1.04. The molecule has 4 rings (SSSR count). The summed E-state index contributed by atoms with van der Waals surface area (Å²) >= 11 is 3.16. The Morgan fingerprint density at radius 1 is 1.32 bits per heavy atom. The van der Waals surface area contributed by atoms with Crippen molar-refractivity contribution in [2.45, 2.75) is 35.3 Å². The number of rotatable bonds is 7. The zero-order valence-electron chi connectivity index (χ0n) is 17.5. The molecule has 1 fully saturated rings. The van der Waals surface area contributed by atoms with Gasteiger partial charge < -0.3 is 15.3 Å². The number of benzene rings is 1. The summed E-state index contributed by atoms with van der Waals surface area (Å²) in [5.74, 6) is 1.01. The lowest BCUT2D eigenvalue weighted by molar-refractivity contribution is 0.0619. The SMILES string of the molecule is CCc1ccc(Sc2cnc(Nc3ccccn3)s2)cc1C(=O)N1CCCC(CO)C1. The number of carbonyl (C=O) groups is 1. The first-order valence-electron chi connectivity index (χ1n) is 10.5. The highest BCUT2D eigenvalue weighted by Crippen LogP contribution is 2.36. The molecular weight excluding hydrogens is 428 g/mol. The van der Waals surface area contributed by atoms with Crippen molar-refractivity contribution in [2.24, 2.45) is 5.92 Å². The maximum Gasteiger partial charge on any atom is 0.254 e. The van der Waals surface area contributed by atoms with Crippen LogP contribution in [0.25, 0.3) is 0 Å². The van der Waals surface area contributed by atoms with Gasteiger partial charge in [-0.25, -0.2) is 9.97 Å². The minimum absolute atomic E-state index is 0.0688. The zero-order chi connectivity index (χ0) is 21.6. The first kappa shape index (κ1) is 21.8. The lowest BCUT2D eigenvalue weighted by atomic mass is 9.97. The lowest BCUT2D eigenvalue weighted by Gasteiger charge is -2.32. The molecule has 0 bridgehead atoms. The molecule has 0 aliphatic carbocycles. The third-order valence-electron chi connectivity index (χ3n) is 5.36. The van der Waals surface area contributed by atoms with Crippen molar-refractivity contribution in [1.29, 1.82) is 0 Å². The Balaban J connectivity index is 1.49. The van der Waals surface area contributed by atoms with E-state index in [4.69, 9.17) is 0 Å². The first-order valence-corrected chi connectivity index (χ1v) is 12.1. The summed E-state index contributed by atoms with van der Waals surface area (Å²) in [4.78, 5) is 24.9. The van der Waals surface area contributed by atoms with Crippen LogP contribution in [0.5, 0.6) is 0 Å². The summed E-state index contributed by atoms with van der Waals surface area (Å²) in [6.45, 7) is 3.60. The standard InChI is InChI=1S/C23H26N4O2S2/c1-2-17-8-9-18(12-19(17)22(29)27-11-5-6-16(14-27)15-28)30-21-13-25-23(31-21)26-20-7-3-4-10-24-20/h3-4,7-10,12-13,16,28H,2,5-6,11,14-15H2,1H3,(H,24,25,26). The number of hydrogen-bond acceptors (Lipinski definition) is 7. The molecular formula is C23H26N4O2S2. The number of nitrogens with zero attached hydrogens (tertiary/aromatic N) is 3. The van der Waals surface area contributed by atoms with Crippen molar-refractivity contribution in [2.75, 3.05) is 25.0 Å². The highest BCUT2D eigenvalue weighted by molar-refractivity contribution is 8.01. The molecule has 1 aliphatic rings. The number of aromatic nitrogens is 2. The van der Waals surface area contributed by atoms with Crippen LogP contribution in [0.2, 0.25) is 0 Å². The molecule has 1 unspecified atom stereocenters. The van der Waals surface area contributed by atoms with Gasteiger partial charge >= 0.3 is 0 Å². The van der Waals surface area contributed by atoms with Gasteiger partial charge in [-0.1, -0.05) is 42.2 Å². The molecule has 1 atom stereocenters. The summed E-state index contributed by atoms with van der Waals surface area (Å²) in [6.07, 6.45) is 6.32. The van der Waals surface area contributed by atoms with Crippen molar-refractivity contribution in [3.8, 4) is 0 Å². The van der Waals surface area contributed by atoms with Crippen molar-refractivity contribution in [1.82, 2.24) is 14.9 Å². The van der Waals surface area contributed by atoms with E-state index in [9.17, 15) is 9.90 Å². The fourth-order valence-corrected chi connectivity index (χ4v) is 5.62. The van der Waals surface area contributed by atoms with Gasteiger partial charge in [0.1, 0.15) is 5.82 Å². The molecule has 3 aromatic rings. The molecule has 31 heavy (non-hydrogen) atoms. The smallest absolute Gasteiger partial charge is 0.254 e. The minimum Gasteiger partial charge on any atom is -0.396 e. The Kier molecular flexibility index (Phi) is 7.21. The molecule has 3 heterocycles. The van der Waals surface area contributed by atoms with Gasteiger partial charge in [0.25, 0.3) is 5.91 Å². The van der Waals surface area contributed by atoms with E-state index >= 15 is 0 Å². The normalized spacial score (nSPS) is 16.3. The molecule has 2 aromatic heterocycles. The number of piperidine rings is 1. The Bertz CT molecular complexity index is 1030. The molecule has 0 radical (unpaired) electrons. The highest BCUT2D eigenvalue weighted by Gasteiger charge is 2.25. The summed E-state index contributed by atoms with van der Waals surface area (Å²) in [5.41, 5.74) is 1.82. The van der Waals surface area contributed by atoms with Crippen LogP contribution in [0, 0.1) is 5.92 Å². The lowest BCUT2D eigenvalue weighted by Crippen LogP contribution is -2.41. The van der Waals surface area contributed by atoms with Crippen LogP contribution in [0.3, 0.4) is 0 Å². The predicted octanol–water partition coefficient (Wildman–Crippen LogP) is 4.84. The molecule has 8 heteroatoms. The van der Waals surface area contributed by atoms with E-state index in [1.807, 2.05) is 35.4 Å². The second-order valence-corrected chi connectivity index (χ2v) is 9.95. The quantitative estimate of drug-likeness (QED) is 0.532. The summed E-state index contributed by atoms with van der Waals surface area (Å²) in [7, 11) is 0. The fourth-order valence-electron chi connectivity index (χ4n) is 3.72. The largest absolute Gasteiger partial charge is 0.396 e. The number of hydrogen-bond donors (Lipinski definition) is 2. The Morgan fingerprint density at radius 2 is 2.23 bits per heavy atom. The third-order valence-corrected chi connectivity index (χ3v) is 7.36. The number of likely N-dealkylation sites (tertiary alicyclic amines) is 1. The molecule has 1 aromatic carbocycles. The zero-order valence-corrected chi connectivity index (χ0v) is 19.1. The van der Waals surface area contributed by atoms with Gasteiger partial charge in [0, 0.05) is 36.4 Å². The average Bonchev–Trinajstić information content (AvgIpc) is 3.25. The topological polar surface area (TPSA) is 78.4 Å². The van der Waals surface area contributed by atoms with Crippen LogP contribution in [0.1, 0.15) is 35.7 Å². The van der Waals surface area contributed by atoms with Gasteiger partial charge in [0.05, 0.1) is 10.4 Å². The maximum absolute atomic E-state index is 13.3. The summed E-state index contributed by atoms with van der Waals surface area (Å²) in [6, 6.07) is 11.8. The number of aliphatic hydroxyl groups is 1. The van der Waals surface area contributed by atoms with Crippen molar-refractivity contribution in [3.63, 3.8) is 0 Å². The molecule has 162 valence electrons. The number of aliphatic hydroxyl groups excluding tert-OH is 1. The molecule has 1 saturated heterocycles. The van der Waals surface area contributed by atoms with Gasteiger partial charge in [0.15, 0.2) is 5.13 Å². The monoisotopic (exact) mass is 454 g/mol. The van der Waals surface area contributed by atoms with E-state index < -0.39 is 0 Å².